The van der Waals surface area contributed by atoms with Crippen molar-refractivity contribution in [1.29, 1.82) is 5.26 Å². The van der Waals surface area contributed by atoms with Crippen molar-refractivity contribution in [3.63, 3.8) is 0 Å². The van der Waals surface area contributed by atoms with Gasteiger partial charge in [-0.2, -0.15) is 5.26 Å². The molecule has 206 valence electrons. The van der Waals surface area contributed by atoms with Gasteiger partial charge in [0.2, 0.25) is 10.0 Å². The first-order valence-corrected chi connectivity index (χ1v) is 17.1. The van der Waals surface area contributed by atoms with E-state index >= 15 is 0 Å². The molecular formula is C29H39N3O4S2. The van der Waals surface area contributed by atoms with E-state index in [0.717, 1.165) is 51.7 Å². The highest BCUT2D eigenvalue weighted by molar-refractivity contribution is 7.91. The number of nitriles is 1. The molecule has 0 radical (unpaired) electrons. The minimum absolute atomic E-state index is 0.145. The molecule has 2 aromatic rings. The molecule has 0 aliphatic carbocycles. The molecule has 1 atom stereocenters. The van der Waals surface area contributed by atoms with Crippen LogP contribution in [-0.4, -0.2) is 70.8 Å². The van der Waals surface area contributed by atoms with Crippen LogP contribution in [0.15, 0.2) is 59.5 Å². The molecule has 0 amide bonds. The number of sulfonamides is 1. The molecule has 1 unspecified atom stereocenters. The van der Waals surface area contributed by atoms with Gasteiger partial charge >= 0.3 is 0 Å². The molecule has 0 saturated carbocycles. The molecule has 2 aliphatic rings. The molecule has 0 bridgehead atoms. The number of likely N-dealkylation sites (tertiary alicyclic amines) is 1. The van der Waals surface area contributed by atoms with Gasteiger partial charge in [-0.3, -0.25) is 0 Å². The van der Waals surface area contributed by atoms with Crippen LogP contribution in [0, 0.1) is 23.2 Å². The number of hydrogen-bond donors (Lipinski definition) is 0. The fourth-order valence-corrected chi connectivity index (χ4v) is 8.29. The lowest BCUT2D eigenvalue weighted by molar-refractivity contribution is 0.164. The van der Waals surface area contributed by atoms with E-state index in [1.54, 1.807) is 16.4 Å². The van der Waals surface area contributed by atoms with Crippen LogP contribution in [-0.2, 0) is 19.9 Å². The SMILES string of the molecule is CS(=O)(=O)N1CCC(C(CCN2CCC(CCS(=O)(=O)c3ccc(C#N)cc3)CC2)c2ccccc2)CC1. The highest BCUT2D eigenvalue weighted by Gasteiger charge is 2.31. The van der Waals surface area contributed by atoms with Crippen LogP contribution >= 0.6 is 0 Å². The molecule has 2 fully saturated rings. The first-order valence-electron chi connectivity index (χ1n) is 13.6. The predicted octanol–water partition coefficient (Wildman–Crippen LogP) is 4.28. The van der Waals surface area contributed by atoms with Gasteiger partial charge in [0.05, 0.1) is 28.5 Å². The summed E-state index contributed by atoms with van der Waals surface area (Å²) in [6, 6.07) is 18.8. The van der Waals surface area contributed by atoms with Gasteiger partial charge in [0.25, 0.3) is 0 Å². The van der Waals surface area contributed by atoms with Crippen LogP contribution in [0.4, 0.5) is 0 Å². The van der Waals surface area contributed by atoms with Crippen molar-refractivity contribution < 1.29 is 16.8 Å². The minimum atomic E-state index is -3.34. The van der Waals surface area contributed by atoms with E-state index in [0.29, 0.717) is 47.7 Å². The van der Waals surface area contributed by atoms with Crippen molar-refractivity contribution in [2.45, 2.75) is 49.3 Å². The second-order valence-electron chi connectivity index (χ2n) is 10.8. The number of piperidine rings is 2. The van der Waals surface area contributed by atoms with Gasteiger partial charge in [0.1, 0.15) is 0 Å². The Bertz CT molecular complexity index is 1290. The van der Waals surface area contributed by atoms with E-state index in [2.05, 4.69) is 29.2 Å². The van der Waals surface area contributed by atoms with E-state index in [1.165, 1.54) is 24.0 Å². The van der Waals surface area contributed by atoms with Crippen molar-refractivity contribution in [3.8, 4) is 6.07 Å². The molecule has 2 aliphatic heterocycles. The average Bonchev–Trinajstić information content (AvgIpc) is 2.93. The Hall–Kier alpha value is -2.25. The summed E-state index contributed by atoms with van der Waals surface area (Å²) in [5.41, 5.74) is 1.80. The van der Waals surface area contributed by atoms with Crippen LogP contribution in [0.2, 0.25) is 0 Å². The normalized spacial score (nSPS) is 19.7. The van der Waals surface area contributed by atoms with Gasteiger partial charge in [-0.25, -0.2) is 21.1 Å². The first-order chi connectivity index (χ1) is 18.2. The van der Waals surface area contributed by atoms with Crippen molar-refractivity contribution >= 4 is 19.9 Å². The van der Waals surface area contributed by atoms with Crippen LogP contribution in [0.25, 0.3) is 0 Å². The summed E-state index contributed by atoms with van der Waals surface area (Å²) in [5, 5.41) is 8.93. The van der Waals surface area contributed by atoms with Gasteiger partial charge in [-0.05, 0) is 106 Å². The summed E-state index contributed by atoms with van der Waals surface area (Å²) >= 11 is 0. The highest BCUT2D eigenvalue weighted by atomic mass is 32.2. The van der Waals surface area contributed by atoms with Crippen molar-refractivity contribution in [2.75, 3.05) is 44.7 Å². The van der Waals surface area contributed by atoms with Crippen LogP contribution in [0.5, 0.6) is 0 Å². The molecule has 2 saturated heterocycles. The smallest absolute Gasteiger partial charge is 0.211 e. The quantitative estimate of drug-likeness (QED) is 0.433. The summed E-state index contributed by atoms with van der Waals surface area (Å²) in [7, 11) is -6.47. The molecule has 2 heterocycles. The maximum Gasteiger partial charge on any atom is 0.211 e. The number of sulfone groups is 1. The summed E-state index contributed by atoms with van der Waals surface area (Å²) in [6.07, 6.45) is 6.81. The molecule has 4 rings (SSSR count). The first kappa shape index (κ1) is 28.8. The maximum atomic E-state index is 12.7. The molecule has 7 nitrogen and oxygen atoms in total. The molecule has 38 heavy (non-hydrogen) atoms. The standard InChI is InChI=1S/C29H39N3O4S2/c1-37(33,34)32-20-13-27(14-21-32)29(26-5-3-2-4-6-26)15-19-31-17-11-24(12-18-31)16-22-38(35,36)28-9-7-25(23-30)8-10-28/h2-10,24,27,29H,11-22H2,1H3. The minimum Gasteiger partial charge on any atom is -0.303 e. The van der Waals surface area contributed by atoms with Crippen molar-refractivity contribution in [3.05, 3.63) is 65.7 Å². The lowest BCUT2D eigenvalue weighted by atomic mass is 9.78. The Kier molecular flexibility index (Phi) is 9.64. The molecule has 0 N–H and O–H groups in total. The number of nitrogens with zero attached hydrogens (tertiary/aromatic N) is 3. The fraction of sp³-hybridized carbons (Fsp3) is 0.552. The largest absolute Gasteiger partial charge is 0.303 e. The maximum absolute atomic E-state index is 12.7. The monoisotopic (exact) mass is 557 g/mol. The van der Waals surface area contributed by atoms with E-state index in [4.69, 9.17) is 5.26 Å². The third kappa shape index (κ3) is 7.66. The predicted molar refractivity (Wildman–Crippen MR) is 150 cm³/mol. The third-order valence-corrected chi connectivity index (χ3v) is 11.4. The van der Waals surface area contributed by atoms with E-state index in [1.807, 2.05) is 12.1 Å². The van der Waals surface area contributed by atoms with E-state index in [9.17, 15) is 16.8 Å². The van der Waals surface area contributed by atoms with Gasteiger partial charge in [-0.15, -0.1) is 0 Å². The second-order valence-corrected chi connectivity index (χ2v) is 14.9. The van der Waals surface area contributed by atoms with Crippen molar-refractivity contribution in [1.82, 2.24) is 9.21 Å². The van der Waals surface area contributed by atoms with Crippen LogP contribution < -0.4 is 0 Å². The Morgan fingerprint density at radius 1 is 0.895 bits per heavy atom. The second kappa shape index (κ2) is 12.7. The van der Waals surface area contributed by atoms with Crippen LogP contribution in [0.1, 0.15) is 55.6 Å². The topological polar surface area (TPSA) is 98.6 Å². The molecule has 0 spiro atoms. The Balaban J connectivity index is 1.27. The Morgan fingerprint density at radius 3 is 2.11 bits per heavy atom. The van der Waals surface area contributed by atoms with Crippen molar-refractivity contribution in [2.24, 2.45) is 11.8 Å². The van der Waals surface area contributed by atoms with Crippen LogP contribution in [0.3, 0.4) is 0 Å². The van der Waals surface area contributed by atoms with Gasteiger partial charge < -0.3 is 4.90 Å². The summed E-state index contributed by atoms with van der Waals surface area (Å²) in [4.78, 5) is 2.80. The third-order valence-electron chi connectivity index (χ3n) is 8.37. The van der Waals surface area contributed by atoms with Gasteiger partial charge in [0.15, 0.2) is 9.84 Å². The Labute approximate surface area is 228 Å². The van der Waals surface area contributed by atoms with E-state index < -0.39 is 19.9 Å². The molecule has 2 aromatic carbocycles. The average molecular weight is 558 g/mol. The van der Waals surface area contributed by atoms with E-state index in [-0.39, 0.29) is 5.75 Å². The summed E-state index contributed by atoms with van der Waals surface area (Å²) < 4.78 is 51.0. The lowest BCUT2D eigenvalue weighted by Gasteiger charge is -2.37. The number of hydrogen-bond acceptors (Lipinski definition) is 6. The number of benzene rings is 2. The lowest BCUT2D eigenvalue weighted by Crippen LogP contribution is -2.40. The van der Waals surface area contributed by atoms with Gasteiger partial charge in [-0.1, -0.05) is 30.3 Å². The highest BCUT2D eigenvalue weighted by Crippen LogP contribution is 2.36. The molecule has 9 heteroatoms. The number of rotatable bonds is 10. The zero-order valence-electron chi connectivity index (χ0n) is 22.2. The summed E-state index contributed by atoms with van der Waals surface area (Å²) in [5.74, 6) is 1.43. The van der Waals surface area contributed by atoms with Gasteiger partial charge in [0, 0.05) is 13.1 Å². The molecule has 0 aromatic heterocycles. The summed E-state index contributed by atoms with van der Waals surface area (Å²) in [6.45, 7) is 4.17. The fourth-order valence-electron chi connectivity index (χ4n) is 5.98. The molecular weight excluding hydrogens is 518 g/mol. The zero-order valence-corrected chi connectivity index (χ0v) is 23.8. The Morgan fingerprint density at radius 2 is 1.53 bits per heavy atom. The zero-order chi connectivity index (χ0) is 27.2.